The predicted octanol–water partition coefficient (Wildman–Crippen LogP) is 3.97. The summed E-state index contributed by atoms with van der Waals surface area (Å²) in [6.07, 6.45) is 2.14. The Hall–Kier alpha value is -0.340. The topological polar surface area (TPSA) is 0 Å². The lowest BCUT2D eigenvalue weighted by atomic mass is 10.1. The summed E-state index contributed by atoms with van der Waals surface area (Å²) < 4.78 is 13.8. The Balaban J connectivity index is 3.16. The van der Waals surface area contributed by atoms with Crippen molar-refractivity contribution in [3.8, 4) is 0 Å². The Morgan fingerprint density at radius 2 is 2.25 bits per heavy atom. The molecule has 0 aliphatic rings. The summed E-state index contributed by atoms with van der Waals surface area (Å²) in [5.41, 5.74) is 0.568. The van der Waals surface area contributed by atoms with Crippen LogP contribution in [0.4, 0.5) is 4.39 Å². The van der Waals surface area contributed by atoms with E-state index in [1.54, 1.807) is 18.2 Å². The van der Waals surface area contributed by atoms with Crippen LogP contribution in [0.15, 0.2) is 29.3 Å². The minimum atomic E-state index is -0.369. The molecule has 0 unspecified atom stereocenters. The zero-order chi connectivity index (χ0) is 9.14. The van der Waals surface area contributed by atoms with Gasteiger partial charge in [-0.3, -0.25) is 0 Å². The van der Waals surface area contributed by atoms with Crippen LogP contribution < -0.4 is 0 Å². The Kier molecular flexibility index (Phi) is 3.29. The van der Waals surface area contributed by atoms with Gasteiger partial charge in [0.15, 0.2) is 0 Å². The molecule has 0 heterocycles. The third-order valence-corrected chi connectivity index (χ3v) is 2.74. The summed E-state index contributed by atoms with van der Waals surface area (Å²) in [5, 5.41) is 0.134. The monoisotopic (exact) mass is 248 g/mol. The largest absolute Gasteiger partial charge is 0.205 e. The standard InChI is InChI=1S/C9H7BrClF/c1-2-3-6-4-5-7(10)8(11)9(6)12/h2,4-5H,1,3H2. The number of rotatable bonds is 2. The van der Waals surface area contributed by atoms with Gasteiger partial charge in [0.2, 0.25) is 0 Å². The molecule has 12 heavy (non-hydrogen) atoms. The fraction of sp³-hybridized carbons (Fsp3) is 0.111. The van der Waals surface area contributed by atoms with Crippen LogP contribution in [0.5, 0.6) is 0 Å². The van der Waals surface area contributed by atoms with Crippen molar-refractivity contribution in [1.82, 2.24) is 0 Å². The van der Waals surface area contributed by atoms with Crippen molar-refractivity contribution in [2.24, 2.45) is 0 Å². The van der Waals surface area contributed by atoms with Crippen molar-refractivity contribution in [2.45, 2.75) is 6.42 Å². The molecule has 0 saturated heterocycles. The molecule has 0 radical (unpaired) electrons. The average Bonchev–Trinajstić information content (AvgIpc) is 2.07. The van der Waals surface area contributed by atoms with E-state index in [4.69, 9.17) is 11.6 Å². The Labute approximate surface area is 84.2 Å². The van der Waals surface area contributed by atoms with Crippen LogP contribution >= 0.6 is 27.5 Å². The lowest BCUT2D eigenvalue weighted by Gasteiger charge is -2.02. The highest BCUT2D eigenvalue weighted by molar-refractivity contribution is 9.10. The molecule has 0 aliphatic heterocycles. The molecule has 64 valence electrons. The van der Waals surface area contributed by atoms with E-state index in [1.807, 2.05) is 0 Å². The second-order valence-electron chi connectivity index (χ2n) is 2.33. The Bertz CT molecular complexity index is 310. The van der Waals surface area contributed by atoms with Gasteiger partial charge in [-0.15, -0.1) is 6.58 Å². The van der Waals surface area contributed by atoms with Gasteiger partial charge < -0.3 is 0 Å². The van der Waals surface area contributed by atoms with Crippen molar-refractivity contribution >= 4 is 27.5 Å². The van der Waals surface area contributed by atoms with Crippen LogP contribution in [0, 0.1) is 5.82 Å². The van der Waals surface area contributed by atoms with E-state index >= 15 is 0 Å². The fourth-order valence-corrected chi connectivity index (χ4v) is 1.37. The molecule has 0 spiro atoms. The van der Waals surface area contributed by atoms with Crippen LogP contribution in [0.3, 0.4) is 0 Å². The molecule has 0 aliphatic carbocycles. The summed E-state index contributed by atoms with van der Waals surface area (Å²) in [6.45, 7) is 3.53. The van der Waals surface area contributed by atoms with E-state index in [1.165, 1.54) is 0 Å². The third-order valence-electron chi connectivity index (χ3n) is 1.48. The Morgan fingerprint density at radius 3 is 2.83 bits per heavy atom. The minimum absolute atomic E-state index is 0.134. The number of benzene rings is 1. The van der Waals surface area contributed by atoms with Crippen LogP contribution in [-0.2, 0) is 6.42 Å². The smallest absolute Gasteiger partial charge is 0.146 e. The highest BCUT2D eigenvalue weighted by Crippen LogP contribution is 2.27. The molecule has 1 aromatic rings. The summed E-state index contributed by atoms with van der Waals surface area (Å²) in [5.74, 6) is -0.369. The molecule has 0 amide bonds. The van der Waals surface area contributed by atoms with E-state index in [2.05, 4.69) is 22.5 Å². The van der Waals surface area contributed by atoms with Crippen LogP contribution in [0.25, 0.3) is 0 Å². The van der Waals surface area contributed by atoms with Gasteiger partial charge in [0.25, 0.3) is 0 Å². The van der Waals surface area contributed by atoms with Gasteiger partial charge in [0.05, 0.1) is 5.02 Å². The second kappa shape index (κ2) is 4.06. The predicted molar refractivity (Wildman–Crippen MR) is 53.0 cm³/mol. The maximum atomic E-state index is 13.2. The molecule has 0 aromatic heterocycles. The van der Waals surface area contributed by atoms with Crippen molar-refractivity contribution < 1.29 is 4.39 Å². The van der Waals surface area contributed by atoms with Crippen molar-refractivity contribution in [2.75, 3.05) is 0 Å². The lowest BCUT2D eigenvalue weighted by Crippen LogP contribution is -1.89. The van der Waals surface area contributed by atoms with E-state index in [9.17, 15) is 4.39 Å². The first-order valence-corrected chi connectivity index (χ1v) is 4.57. The third kappa shape index (κ3) is 1.87. The van der Waals surface area contributed by atoms with Gasteiger partial charge in [-0.1, -0.05) is 23.7 Å². The normalized spacial score (nSPS) is 9.92. The molecule has 1 rings (SSSR count). The highest BCUT2D eigenvalue weighted by Gasteiger charge is 2.08. The maximum Gasteiger partial charge on any atom is 0.146 e. The van der Waals surface area contributed by atoms with Gasteiger partial charge in [-0.2, -0.15) is 0 Å². The van der Waals surface area contributed by atoms with Gasteiger partial charge in [0.1, 0.15) is 5.82 Å². The zero-order valence-electron chi connectivity index (χ0n) is 6.28. The number of allylic oxidation sites excluding steroid dienone is 1. The molecule has 3 heteroatoms. The van der Waals surface area contributed by atoms with Crippen molar-refractivity contribution in [3.05, 3.63) is 45.7 Å². The van der Waals surface area contributed by atoms with E-state index in [0.717, 1.165) is 0 Å². The minimum Gasteiger partial charge on any atom is -0.205 e. The zero-order valence-corrected chi connectivity index (χ0v) is 8.62. The molecule has 0 atom stereocenters. The van der Waals surface area contributed by atoms with E-state index in [0.29, 0.717) is 16.5 Å². The molecule has 0 saturated carbocycles. The quantitative estimate of drug-likeness (QED) is 0.549. The number of halogens is 3. The van der Waals surface area contributed by atoms with Crippen molar-refractivity contribution in [3.63, 3.8) is 0 Å². The molecular formula is C9H7BrClF. The highest BCUT2D eigenvalue weighted by atomic mass is 79.9. The maximum absolute atomic E-state index is 13.2. The van der Waals surface area contributed by atoms with E-state index in [-0.39, 0.29) is 10.8 Å². The lowest BCUT2D eigenvalue weighted by molar-refractivity contribution is 0.614. The summed E-state index contributed by atoms with van der Waals surface area (Å²) in [6, 6.07) is 3.41. The molecule has 0 N–H and O–H groups in total. The average molecular weight is 250 g/mol. The fourth-order valence-electron chi connectivity index (χ4n) is 0.879. The molecule has 1 aromatic carbocycles. The van der Waals surface area contributed by atoms with Crippen LogP contribution in [0.2, 0.25) is 5.02 Å². The summed E-state index contributed by atoms with van der Waals surface area (Å²) in [7, 11) is 0. The van der Waals surface area contributed by atoms with Gasteiger partial charge in [-0.05, 0) is 34.0 Å². The first kappa shape index (κ1) is 9.75. The van der Waals surface area contributed by atoms with Gasteiger partial charge >= 0.3 is 0 Å². The summed E-state index contributed by atoms with van der Waals surface area (Å²) in [4.78, 5) is 0. The van der Waals surface area contributed by atoms with Crippen LogP contribution in [0.1, 0.15) is 5.56 Å². The summed E-state index contributed by atoms with van der Waals surface area (Å²) >= 11 is 8.80. The first-order chi connectivity index (χ1) is 5.66. The molecular weight excluding hydrogens is 242 g/mol. The number of hydrogen-bond donors (Lipinski definition) is 0. The van der Waals surface area contributed by atoms with E-state index < -0.39 is 0 Å². The number of hydrogen-bond acceptors (Lipinski definition) is 0. The first-order valence-electron chi connectivity index (χ1n) is 3.40. The molecule has 0 fully saturated rings. The SMILES string of the molecule is C=CCc1ccc(Br)c(Cl)c1F. The van der Waals surface area contributed by atoms with Gasteiger partial charge in [-0.25, -0.2) is 4.39 Å². The Morgan fingerprint density at radius 1 is 1.58 bits per heavy atom. The van der Waals surface area contributed by atoms with Crippen LogP contribution in [-0.4, -0.2) is 0 Å². The second-order valence-corrected chi connectivity index (χ2v) is 3.56. The van der Waals surface area contributed by atoms with Gasteiger partial charge in [0, 0.05) is 4.47 Å². The molecule has 0 bridgehead atoms. The molecule has 0 nitrogen and oxygen atoms in total. The van der Waals surface area contributed by atoms with Crippen molar-refractivity contribution in [1.29, 1.82) is 0 Å².